The van der Waals surface area contributed by atoms with E-state index in [-0.39, 0.29) is 16.3 Å². The topological polar surface area (TPSA) is 122 Å². The lowest BCUT2D eigenvalue weighted by Gasteiger charge is -2.30. The van der Waals surface area contributed by atoms with Crippen LogP contribution in [0.2, 0.25) is 5.02 Å². The lowest BCUT2D eigenvalue weighted by Crippen LogP contribution is -2.46. The Bertz CT molecular complexity index is 2480. The number of aromatic nitrogens is 3. The normalized spacial score (nSPS) is 15.3. The van der Waals surface area contributed by atoms with Crippen LogP contribution in [0.5, 0.6) is 5.75 Å². The summed E-state index contributed by atoms with van der Waals surface area (Å²) in [5, 5.41) is 22.6. The second-order valence-corrected chi connectivity index (χ2v) is 15.0. The summed E-state index contributed by atoms with van der Waals surface area (Å²) >= 11 is 6.44. The van der Waals surface area contributed by atoms with Crippen LogP contribution in [-0.4, -0.2) is 98.2 Å². The lowest BCUT2D eigenvalue weighted by molar-refractivity contribution is 0.0697. The molecule has 58 heavy (non-hydrogen) atoms. The maximum atomic E-state index is 12.5. The number of hydrogen-bond donors (Lipinski definition) is 2. The molecule has 12 heteroatoms. The van der Waals surface area contributed by atoms with E-state index >= 15 is 0 Å². The van der Waals surface area contributed by atoms with Crippen LogP contribution in [0.3, 0.4) is 0 Å². The number of carboxylic acid groups (broad SMARTS) is 1. The fourth-order valence-corrected chi connectivity index (χ4v) is 7.86. The Morgan fingerprint density at radius 1 is 0.655 bits per heavy atom. The van der Waals surface area contributed by atoms with E-state index in [0.29, 0.717) is 27.9 Å². The summed E-state index contributed by atoms with van der Waals surface area (Å²) in [5.41, 5.74) is 5.60. The van der Waals surface area contributed by atoms with Crippen LogP contribution in [0.15, 0.2) is 132 Å². The first-order chi connectivity index (χ1) is 28.4. The minimum Gasteiger partial charge on any atom is -0.506 e. The van der Waals surface area contributed by atoms with Crippen LogP contribution < -0.4 is 9.93 Å². The van der Waals surface area contributed by atoms with Gasteiger partial charge in [-0.2, -0.15) is 0 Å². The molecule has 5 aromatic rings. The minimum atomic E-state index is -1.04. The van der Waals surface area contributed by atoms with Crippen molar-refractivity contribution in [2.75, 3.05) is 52.4 Å². The number of phenols is 1. The van der Waals surface area contributed by atoms with Crippen molar-refractivity contribution in [3.05, 3.63) is 161 Å². The van der Waals surface area contributed by atoms with Gasteiger partial charge in [-0.3, -0.25) is 29.7 Å². The molecule has 8 rings (SSSR count). The van der Waals surface area contributed by atoms with Gasteiger partial charge in [0.1, 0.15) is 17.1 Å². The van der Waals surface area contributed by atoms with Gasteiger partial charge in [0.15, 0.2) is 13.1 Å². The highest BCUT2D eigenvalue weighted by molar-refractivity contribution is 6.33. The maximum absolute atomic E-state index is 12.5. The van der Waals surface area contributed by atoms with E-state index in [9.17, 15) is 15.0 Å². The molecule has 0 radical (unpaired) electrons. The Labute approximate surface area is 342 Å². The van der Waals surface area contributed by atoms with Crippen molar-refractivity contribution in [3.63, 3.8) is 0 Å². The van der Waals surface area contributed by atoms with E-state index < -0.39 is 5.97 Å². The molecule has 1 aliphatic carbocycles. The zero-order valence-electron chi connectivity index (χ0n) is 32.1. The first kappa shape index (κ1) is 38.9. The molecule has 0 spiro atoms. The van der Waals surface area contributed by atoms with Crippen molar-refractivity contribution in [2.24, 2.45) is 0 Å². The third kappa shape index (κ3) is 9.25. The number of carboxylic acids is 1. The molecule has 2 aliphatic heterocycles. The number of rotatable bonds is 8. The molecule has 0 unspecified atom stereocenters. The summed E-state index contributed by atoms with van der Waals surface area (Å²) in [7, 11) is 0. The van der Waals surface area contributed by atoms with Gasteiger partial charge in [-0.15, -0.1) is 0 Å². The Balaban J connectivity index is 1.21. The molecule has 0 atom stereocenters. The zero-order valence-corrected chi connectivity index (χ0v) is 32.9. The summed E-state index contributed by atoms with van der Waals surface area (Å²) < 4.78 is 8.93. The molecule has 2 N–H and O–H groups in total. The molecule has 3 aromatic heterocycles. The van der Waals surface area contributed by atoms with Crippen molar-refractivity contribution in [1.29, 1.82) is 0 Å². The number of benzene rings is 3. The Morgan fingerprint density at radius 2 is 1.19 bits per heavy atom. The Kier molecular flexibility index (Phi) is 12.1. The average molecular weight is 795 g/mol. The van der Waals surface area contributed by atoms with Crippen LogP contribution in [0, 0.1) is 0 Å². The minimum absolute atomic E-state index is 0.117. The molecule has 2 aromatic carbocycles. The summed E-state index contributed by atoms with van der Waals surface area (Å²) in [4.78, 5) is 33.9. The number of aromatic hydroxyl groups is 1. The van der Waals surface area contributed by atoms with Gasteiger partial charge < -0.3 is 14.6 Å². The molecule has 1 saturated heterocycles. The predicted molar refractivity (Wildman–Crippen MR) is 225 cm³/mol. The maximum Gasteiger partial charge on any atom is 0.336 e. The highest BCUT2D eigenvalue weighted by atomic mass is 35.5. The Morgan fingerprint density at radius 3 is 1.72 bits per heavy atom. The van der Waals surface area contributed by atoms with Crippen molar-refractivity contribution < 1.29 is 19.4 Å². The molecule has 0 bridgehead atoms. The zero-order chi connectivity index (χ0) is 39.8. The molecule has 1 fully saturated rings. The second kappa shape index (κ2) is 18.1. The standard InChI is InChI=1S/C46H44ClN7O4/c47-41-28-40-44(29-42(41)55)58-43-27-36(14-15-39(43)45(40)37-12-1-2-13-38(37)46(56)57)54-25-23-52(31-34-10-4-7-17-49-34)21-19-51(30-33-9-3-6-16-48-33)20-22-53(24-26-54)32-35-11-5-8-18-50-35/h1-18,27-29H,19-26,30-32H2,(H,56,57)/p+1. The molecule has 5 heterocycles. The number of hydrogen-bond acceptors (Lipinski definition) is 9. The number of nitrogens with zero attached hydrogens (tertiary/aromatic N) is 7. The third-order valence-corrected chi connectivity index (χ3v) is 11.0. The number of phenolic OH excluding ortho intramolecular Hbond substituents is 1. The second-order valence-electron chi connectivity index (χ2n) is 14.6. The monoisotopic (exact) mass is 794 g/mol. The molecular formula is C46H45ClN7O4+. The van der Waals surface area contributed by atoms with Gasteiger partial charge in [0, 0.05) is 93.0 Å². The van der Waals surface area contributed by atoms with E-state index in [1.807, 2.05) is 73.2 Å². The Hall–Kier alpha value is -5.98. The van der Waals surface area contributed by atoms with E-state index in [1.54, 1.807) is 24.3 Å². The predicted octanol–water partition coefficient (Wildman–Crippen LogP) is 6.74. The highest BCUT2D eigenvalue weighted by Gasteiger charge is 2.25. The lowest BCUT2D eigenvalue weighted by atomic mass is 9.91. The first-order valence-corrected chi connectivity index (χ1v) is 19.9. The number of aromatic carboxylic acids is 1. The van der Waals surface area contributed by atoms with Gasteiger partial charge in [0.2, 0.25) is 5.36 Å². The molecule has 0 amide bonds. The van der Waals surface area contributed by atoms with E-state index in [4.69, 9.17) is 16.0 Å². The largest absolute Gasteiger partial charge is 0.506 e. The molecule has 11 nitrogen and oxygen atoms in total. The molecule has 3 aliphatic rings. The van der Waals surface area contributed by atoms with Crippen LogP contribution in [0.1, 0.15) is 27.4 Å². The number of halogens is 1. The van der Waals surface area contributed by atoms with Crippen molar-refractivity contribution >= 4 is 28.5 Å². The van der Waals surface area contributed by atoms with Crippen molar-refractivity contribution in [2.45, 2.75) is 19.6 Å². The SMILES string of the molecule is O=C(O)c1ccccc1-c1c2ccc(=[N+]3CCN(Cc4ccccn4)CCN(Cc4ccccn4)CCN(Cc4ccccn4)CC3)cc-2oc2cc(O)c(Cl)cc12. The number of carbonyl (C=O) groups is 1. The van der Waals surface area contributed by atoms with Crippen molar-refractivity contribution in [3.8, 4) is 28.2 Å². The summed E-state index contributed by atoms with van der Waals surface area (Å²) in [6.45, 7) is 8.63. The third-order valence-electron chi connectivity index (χ3n) is 10.7. The van der Waals surface area contributed by atoms with Crippen LogP contribution in [0.25, 0.3) is 33.4 Å². The molecule has 0 saturated carbocycles. The van der Waals surface area contributed by atoms with Crippen molar-refractivity contribution in [1.82, 2.24) is 34.2 Å². The van der Waals surface area contributed by atoms with E-state index in [2.05, 4.69) is 58.5 Å². The average Bonchev–Trinajstić information content (AvgIpc) is 3.24. The summed E-state index contributed by atoms with van der Waals surface area (Å²) in [6.07, 6.45) is 5.56. The van der Waals surface area contributed by atoms with E-state index in [1.165, 1.54) is 6.07 Å². The summed E-state index contributed by atoms with van der Waals surface area (Å²) in [5.74, 6) is -0.591. The smallest absolute Gasteiger partial charge is 0.336 e. The first-order valence-electron chi connectivity index (χ1n) is 19.5. The van der Waals surface area contributed by atoms with Gasteiger partial charge in [-0.25, -0.2) is 9.37 Å². The van der Waals surface area contributed by atoms with Gasteiger partial charge in [-0.05, 0) is 60.2 Å². The fourth-order valence-electron chi connectivity index (χ4n) is 7.69. The van der Waals surface area contributed by atoms with Crippen LogP contribution in [-0.2, 0) is 19.6 Å². The molecule has 294 valence electrons. The van der Waals surface area contributed by atoms with Crippen LogP contribution in [0.4, 0.5) is 0 Å². The number of pyridine rings is 3. The van der Waals surface area contributed by atoms with E-state index in [0.717, 1.165) is 100.0 Å². The van der Waals surface area contributed by atoms with Gasteiger partial charge >= 0.3 is 5.97 Å². The highest BCUT2D eigenvalue weighted by Crippen LogP contribution is 2.43. The quantitative estimate of drug-likeness (QED) is 0.126. The van der Waals surface area contributed by atoms with Gasteiger partial charge in [-0.1, -0.05) is 48.0 Å². The number of fused-ring (bicyclic) bond motifs is 2. The van der Waals surface area contributed by atoms with Gasteiger partial charge in [0.25, 0.3) is 0 Å². The fraction of sp³-hybridized carbons (Fsp3) is 0.239. The molecular weight excluding hydrogens is 750 g/mol. The summed E-state index contributed by atoms with van der Waals surface area (Å²) in [6, 6.07) is 34.4. The van der Waals surface area contributed by atoms with Crippen LogP contribution >= 0.6 is 11.6 Å². The van der Waals surface area contributed by atoms with Gasteiger partial charge in [0.05, 0.1) is 46.8 Å².